The first-order valence-corrected chi connectivity index (χ1v) is 10.2. The summed E-state index contributed by atoms with van der Waals surface area (Å²) in [6.07, 6.45) is 3.87. The number of thiazole rings is 1. The molecular weight excluding hydrogens is 487 g/mol. The molecule has 0 spiro atoms. The van der Waals surface area contributed by atoms with Crippen molar-refractivity contribution in [1.82, 2.24) is 15.6 Å². The Bertz CT molecular complexity index is 747. The molecule has 0 unspecified atom stereocenters. The number of halogens is 1. The molecule has 2 aromatic rings. The summed E-state index contributed by atoms with van der Waals surface area (Å²) in [5, 5.41) is 7.74. The fourth-order valence-corrected chi connectivity index (χ4v) is 3.25. The zero-order valence-corrected chi connectivity index (χ0v) is 19.8. The maximum Gasteiger partial charge on any atom is 0.338 e. The number of carbonyl (C=O) groups is 1. The van der Waals surface area contributed by atoms with E-state index >= 15 is 0 Å². The fraction of sp³-hybridized carbons (Fsp3) is 0.450. The maximum absolute atomic E-state index is 11.7. The Balaban J connectivity index is 0.00000392. The summed E-state index contributed by atoms with van der Waals surface area (Å²) in [6, 6.07) is 7.36. The van der Waals surface area contributed by atoms with Crippen LogP contribution < -0.4 is 10.6 Å². The standard InChI is InChI=1S/C20H28N4O2S.HI/c1-4-17-14-23-18(27-17)11-12-22-20(21-5-2)24-13-15-7-9-16(10-8-15)19(25)26-6-3;/h7-10,14H,4-6,11-13H2,1-3H3,(H2,21,22,24);1H. The minimum Gasteiger partial charge on any atom is -0.462 e. The highest BCUT2D eigenvalue weighted by Crippen LogP contribution is 2.13. The molecular formula is C20H29IN4O2S. The molecule has 6 nitrogen and oxygen atoms in total. The van der Waals surface area contributed by atoms with E-state index in [2.05, 4.69) is 27.5 Å². The van der Waals surface area contributed by atoms with E-state index < -0.39 is 0 Å². The summed E-state index contributed by atoms with van der Waals surface area (Å²) >= 11 is 1.77. The van der Waals surface area contributed by atoms with Crippen LogP contribution in [-0.2, 0) is 24.1 Å². The predicted octanol–water partition coefficient (Wildman–Crippen LogP) is 3.80. The Kier molecular flexibility index (Phi) is 11.7. The minimum atomic E-state index is -0.295. The molecule has 0 aliphatic heterocycles. The number of aryl methyl sites for hydroxylation is 1. The lowest BCUT2D eigenvalue weighted by Gasteiger charge is -2.10. The first-order chi connectivity index (χ1) is 13.2. The second-order valence-corrected chi connectivity index (χ2v) is 7.06. The van der Waals surface area contributed by atoms with Gasteiger partial charge in [-0.25, -0.2) is 14.8 Å². The van der Waals surface area contributed by atoms with Crippen LogP contribution in [-0.4, -0.2) is 36.6 Å². The highest BCUT2D eigenvalue weighted by molar-refractivity contribution is 14.0. The van der Waals surface area contributed by atoms with Crippen LogP contribution in [0.1, 0.15) is 46.6 Å². The van der Waals surface area contributed by atoms with Crippen LogP contribution >= 0.6 is 35.3 Å². The van der Waals surface area contributed by atoms with Crippen molar-refractivity contribution in [2.24, 2.45) is 4.99 Å². The van der Waals surface area contributed by atoms with E-state index in [1.165, 1.54) is 4.88 Å². The molecule has 2 N–H and O–H groups in total. The van der Waals surface area contributed by atoms with Crippen molar-refractivity contribution in [3.05, 3.63) is 51.5 Å². The molecule has 0 fully saturated rings. The lowest BCUT2D eigenvalue weighted by molar-refractivity contribution is 0.0526. The average Bonchev–Trinajstić information content (AvgIpc) is 3.14. The molecule has 1 heterocycles. The van der Waals surface area contributed by atoms with Crippen molar-refractivity contribution in [2.45, 2.75) is 40.2 Å². The third-order valence-electron chi connectivity index (χ3n) is 3.81. The molecule has 0 bridgehead atoms. The van der Waals surface area contributed by atoms with E-state index in [-0.39, 0.29) is 29.9 Å². The number of esters is 1. The number of ether oxygens (including phenoxy) is 1. The molecule has 8 heteroatoms. The van der Waals surface area contributed by atoms with Crippen LogP contribution in [0.15, 0.2) is 35.5 Å². The number of nitrogens with zero attached hydrogens (tertiary/aromatic N) is 2. The third-order valence-corrected chi connectivity index (χ3v) is 5.01. The molecule has 0 atom stereocenters. The van der Waals surface area contributed by atoms with Crippen LogP contribution in [0, 0.1) is 0 Å². The fourth-order valence-electron chi connectivity index (χ4n) is 2.39. The van der Waals surface area contributed by atoms with E-state index in [4.69, 9.17) is 4.74 Å². The number of rotatable bonds is 9. The second-order valence-electron chi connectivity index (χ2n) is 5.86. The topological polar surface area (TPSA) is 75.6 Å². The molecule has 1 aromatic carbocycles. The Morgan fingerprint density at radius 3 is 2.54 bits per heavy atom. The number of aliphatic imine (C=N–C) groups is 1. The Morgan fingerprint density at radius 2 is 1.93 bits per heavy atom. The van der Waals surface area contributed by atoms with Gasteiger partial charge in [0.05, 0.1) is 23.7 Å². The van der Waals surface area contributed by atoms with Crippen LogP contribution in [0.3, 0.4) is 0 Å². The summed E-state index contributed by atoms with van der Waals surface area (Å²) in [6.45, 7) is 8.48. The highest BCUT2D eigenvalue weighted by atomic mass is 127. The number of guanidine groups is 1. The van der Waals surface area contributed by atoms with Crippen molar-refractivity contribution >= 4 is 47.2 Å². The molecule has 0 saturated carbocycles. The van der Waals surface area contributed by atoms with Gasteiger partial charge in [0.15, 0.2) is 5.96 Å². The summed E-state index contributed by atoms with van der Waals surface area (Å²) < 4.78 is 5.00. The lowest BCUT2D eigenvalue weighted by atomic mass is 10.1. The van der Waals surface area contributed by atoms with E-state index in [1.807, 2.05) is 25.3 Å². The van der Waals surface area contributed by atoms with Crippen molar-refractivity contribution in [3.8, 4) is 0 Å². The van der Waals surface area contributed by atoms with Gasteiger partial charge in [0.1, 0.15) is 0 Å². The molecule has 0 aliphatic carbocycles. The zero-order valence-electron chi connectivity index (χ0n) is 16.7. The first kappa shape index (κ1) is 24.4. The Morgan fingerprint density at radius 1 is 1.18 bits per heavy atom. The number of nitrogens with one attached hydrogen (secondary N) is 2. The molecule has 0 amide bonds. The van der Waals surface area contributed by atoms with Gasteiger partial charge in [-0.2, -0.15) is 0 Å². The van der Waals surface area contributed by atoms with Crippen LogP contribution in [0.5, 0.6) is 0 Å². The summed E-state index contributed by atoms with van der Waals surface area (Å²) in [5.41, 5.74) is 1.59. The molecule has 0 radical (unpaired) electrons. The van der Waals surface area contributed by atoms with Crippen LogP contribution in [0.25, 0.3) is 0 Å². The number of hydrogen-bond donors (Lipinski definition) is 2. The Labute approximate surface area is 188 Å². The molecule has 0 saturated heterocycles. The highest BCUT2D eigenvalue weighted by Gasteiger charge is 2.06. The minimum absolute atomic E-state index is 0. The van der Waals surface area contributed by atoms with E-state index in [0.717, 1.165) is 42.5 Å². The van der Waals surface area contributed by atoms with Gasteiger partial charge in [0, 0.05) is 30.6 Å². The first-order valence-electron chi connectivity index (χ1n) is 9.38. The normalized spacial score (nSPS) is 10.9. The van der Waals surface area contributed by atoms with Gasteiger partial charge in [-0.1, -0.05) is 19.1 Å². The van der Waals surface area contributed by atoms with Crippen molar-refractivity contribution in [1.29, 1.82) is 0 Å². The van der Waals surface area contributed by atoms with Crippen molar-refractivity contribution in [3.63, 3.8) is 0 Å². The monoisotopic (exact) mass is 516 g/mol. The zero-order chi connectivity index (χ0) is 19.5. The maximum atomic E-state index is 11.7. The molecule has 1 aromatic heterocycles. The van der Waals surface area contributed by atoms with Crippen molar-refractivity contribution < 1.29 is 9.53 Å². The summed E-state index contributed by atoms with van der Waals surface area (Å²) in [4.78, 5) is 22.1. The largest absolute Gasteiger partial charge is 0.462 e. The van der Waals surface area contributed by atoms with Crippen molar-refractivity contribution in [2.75, 3.05) is 19.7 Å². The molecule has 0 aliphatic rings. The van der Waals surface area contributed by atoms with E-state index in [9.17, 15) is 4.79 Å². The third kappa shape index (κ3) is 8.14. The average molecular weight is 516 g/mol. The molecule has 2 rings (SSSR count). The van der Waals surface area contributed by atoms with Gasteiger partial charge < -0.3 is 15.4 Å². The number of aromatic nitrogens is 1. The number of hydrogen-bond acceptors (Lipinski definition) is 5. The van der Waals surface area contributed by atoms with Crippen LogP contribution in [0.2, 0.25) is 0 Å². The van der Waals surface area contributed by atoms with Gasteiger partial charge in [-0.3, -0.25) is 0 Å². The van der Waals surface area contributed by atoms with Gasteiger partial charge in [0.2, 0.25) is 0 Å². The van der Waals surface area contributed by atoms with E-state index in [1.54, 1.807) is 30.4 Å². The molecule has 154 valence electrons. The number of carbonyl (C=O) groups excluding carboxylic acids is 1. The SMILES string of the molecule is CCNC(=NCc1ccc(C(=O)OCC)cc1)NCCc1ncc(CC)s1.I. The second kappa shape index (κ2) is 13.5. The van der Waals surface area contributed by atoms with Gasteiger partial charge in [0.25, 0.3) is 0 Å². The Hall–Kier alpha value is -1.68. The number of benzene rings is 1. The van der Waals surface area contributed by atoms with Gasteiger partial charge >= 0.3 is 5.97 Å². The van der Waals surface area contributed by atoms with Crippen LogP contribution in [0.4, 0.5) is 0 Å². The molecule has 28 heavy (non-hydrogen) atoms. The van der Waals surface area contributed by atoms with E-state index in [0.29, 0.717) is 18.7 Å². The van der Waals surface area contributed by atoms with Gasteiger partial charge in [-0.15, -0.1) is 35.3 Å². The quantitative estimate of drug-likeness (QED) is 0.230. The van der Waals surface area contributed by atoms with Gasteiger partial charge in [-0.05, 0) is 38.0 Å². The summed E-state index contributed by atoms with van der Waals surface area (Å²) in [7, 11) is 0. The predicted molar refractivity (Wildman–Crippen MR) is 126 cm³/mol. The summed E-state index contributed by atoms with van der Waals surface area (Å²) in [5.74, 6) is 0.482. The smallest absolute Gasteiger partial charge is 0.338 e. The lowest BCUT2D eigenvalue weighted by Crippen LogP contribution is -2.38.